The average molecular weight is 724 g/mol. The van der Waals surface area contributed by atoms with E-state index in [0.717, 1.165) is 69.2 Å². The third-order valence-corrected chi connectivity index (χ3v) is 16.8. The molecule has 3 unspecified atom stereocenters. The maximum Gasteiger partial charge on any atom is 0.339 e. The Balaban J connectivity index is 1.19. The maximum absolute atomic E-state index is 15.3. The lowest BCUT2D eigenvalue weighted by atomic mass is 9.30. The topological polar surface area (TPSA) is 102 Å². The zero-order valence-corrected chi connectivity index (χ0v) is 32.3. The Bertz CT molecular complexity index is 1740. The van der Waals surface area contributed by atoms with Crippen LogP contribution < -0.4 is 5.73 Å². The van der Waals surface area contributed by atoms with Crippen LogP contribution in [-0.2, 0) is 31.1 Å². The number of nitrogens with two attached hydrogens (primary N) is 1. The Labute approximate surface area is 315 Å². The number of nitrogens with zero attached hydrogens (tertiary/aromatic N) is 2. The highest BCUT2D eigenvalue weighted by Gasteiger charge is 2.92. The number of piperidine rings is 3. The minimum atomic E-state index is -1.09. The molecule has 53 heavy (non-hydrogen) atoms. The zero-order valence-electron chi connectivity index (χ0n) is 32.3. The van der Waals surface area contributed by atoms with Crippen LogP contribution in [0.15, 0.2) is 29.8 Å². The van der Waals surface area contributed by atoms with Crippen LogP contribution in [0.4, 0.5) is 0 Å². The van der Waals surface area contributed by atoms with Crippen LogP contribution in [0.1, 0.15) is 126 Å². The first-order chi connectivity index (χ1) is 25.7. The molecule has 1 aromatic carbocycles. The van der Waals surface area contributed by atoms with Gasteiger partial charge in [0.1, 0.15) is 5.41 Å². The van der Waals surface area contributed by atoms with E-state index in [0.29, 0.717) is 73.0 Å². The van der Waals surface area contributed by atoms with Gasteiger partial charge in [-0.3, -0.25) is 19.4 Å². The SMILES string of the molecule is CCC[C@H]1CC(=O)[C@@H]2OC(=O)[C@@]34C=C(CC[C@@]23[C@@]2(OC(=O)c3c(CCCN)cccc32)[C@H]4CCC)[C@@H]2C[C@H](C)C[C@@H]3CC[C@H]4[C@H]5C[C@@H](CN1C5)CN4C32. The number of Topliss-reactive ketones (excluding diaryl/α,β-unsaturated/α-hetero) is 1. The first-order valence-corrected chi connectivity index (χ1v) is 21.7. The van der Waals surface area contributed by atoms with E-state index in [2.05, 4.69) is 48.8 Å². The van der Waals surface area contributed by atoms with Gasteiger partial charge in [0.15, 0.2) is 17.5 Å². The van der Waals surface area contributed by atoms with Crippen LogP contribution in [0.2, 0.25) is 0 Å². The molecule has 8 heteroatoms. The van der Waals surface area contributed by atoms with Gasteiger partial charge >= 0.3 is 11.9 Å². The van der Waals surface area contributed by atoms with Crippen molar-refractivity contribution in [3.8, 4) is 0 Å². The first kappa shape index (κ1) is 34.9. The van der Waals surface area contributed by atoms with Crippen molar-refractivity contribution in [2.45, 2.75) is 140 Å². The molecule has 9 heterocycles. The van der Waals surface area contributed by atoms with Crippen molar-refractivity contribution in [1.29, 1.82) is 0 Å². The highest BCUT2D eigenvalue weighted by atomic mass is 16.6. The Kier molecular flexibility index (Phi) is 8.22. The molecule has 2 spiro atoms. The molecule has 1 aromatic rings. The van der Waals surface area contributed by atoms with Gasteiger partial charge < -0.3 is 15.2 Å². The van der Waals surface area contributed by atoms with E-state index in [1.807, 2.05) is 6.07 Å². The van der Waals surface area contributed by atoms with Crippen molar-refractivity contribution in [3.05, 3.63) is 46.5 Å². The summed E-state index contributed by atoms with van der Waals surface area (Å²) in [6, 6.07) is 7.40. The number of benzene rings is 1. The highest BCUT2D eigenvalue weighted by Crippen LogP contribution is 2.83. The molecule has 12 aliphatic rings. The van der Waals surface area contributed by atoms with Crippen molar-refractivity contribution in [3.63, 3.8) is 0 Å². The minimum Gasteiger partial charge on any atom is -0.453 e. The molecule has 15 atom stereocenters. The number of fused-ring (bicyclic) bond motifs is 2. The number of esters is 2. The number of hydrogen-bond acceptors (Lipinski definition) is 8. The molecule has 10 bridgehead atoms. The summed E-state index contributed by atoms with van der Waals surface area (Å²) in [5, 5.41) is 0. The van der Waals surface area contributed by atoms with Gasteiger partial charge in [-0.05, 0) is 112 Å². The Hall–Kier alpha value is -2.55. The van der Waals surface area contributed by atoms with Crippen molar-refractivity contribution in [2.24, 2.45) is 52.1 Å². The molecule has 3 aliphatic carbocycles. The molecule has 2 saturated carbocycles. The van der Waals surface area contributed by atoms with Gasteiger partial charge in [-0.25, -0.2) is 4.79 Å². The van der Waals surface area contributed by atoms with Crippen molar-refractivity contribution < 1.29 is 23.9 Å². The van der Waals surface area contributed by atoms with Gasteiger partial charge in [0.2, 0.25) is 0 Å². The normalized spacial score (nSPS) is 47.3. The number of rotatable bonds is 7. The van der Waals surface area contributed by atoms with Crippen LogP contribution in [-0.4, -0.2) is 77.9 Å². The van der Waals surface area contributed by atoms with Gasteiger partial charge in [-0.15, -0.1) is 0 Å². The second kappa shape index (κ2) is 12.5. The molecule has 0 radical (unpaired) electrons. The molecule has 6 saturated heterocycles. The standard InChI is InChI=1S/C45H61N3O5/c1-4-8-32-21-36(49)40-44-16-15-30(33-19-26(3)18-29-13-14-35-31-20-27(23-47(32)25-31)24-48(35)39(29)33)22-43(44,42(51)52-40)37(9-5-2)45(44)34-12-6-10-28(11-7-17-46)38(34)41(50)53-45/h6,10,12,22,26-27,29,31-33,35,37,39-40H,4-5,7-9,11,13-21,23-25,46H2,1-3H3/t26-,27+,29+,31+,32+,33+,35+,37+,39?,40+,43+,44-,45+/m1/s1. The third-order valence-electron chi connectivity index (χ3n) is 16.8. The summed E-state index contributed by atoms with van der Waals surface area (Å²) in [6.45, 7) is 10.7. The van der Waals surface area contributed by atoms with Gasteiger partial charge in [0.05, 0.1) is 11.0 Å². The molecule has 8 nitrogen and oxygen atoms in total. The van der Waals surface area contributed by atoms with Crippen LogP contribution in [0, 0.1) is 46.3 Å². The van der Waals surface area contributed by atoms with E-state index in [4.69, 9.17) is 15.2 Å². The van der Waals surface area contributed by atoms with Crippen LogP contribution >= 0.6 is 0 Å². The second-order valence-corrected chi connectivity index (χ2v) is 19.2. The maximum atomic E-state index is 15.3. The number of ketones is 1. The van der Waals surface area contributed by atoms with E-state index in [1.54, 1.807) is 0 Å². The predicted octanol–water partition coefficient (Wildman–Crippen LogP) is 6.58. The van der Waals surface area contributed by atoms with Crippen LogP contribution in [0.5, 0.6) is 0 Å². The average Bonchev–Trinajstić information content (AvgIpc) is 3.60. The lowest BCUT2D eigenvalue weighted by Gasteiger charge is -2.70. The monoisotopic (exact) mass is 723 g/mol. The molecule has 0 aromatic heterocycles. The largest absolute Gasteiger partial charge is 0.453 e. The summed E-state index contributed by atoms with van der Waals surface area (Å²) >= 11 is 0. The molecule has 2 N–H and O–H groups in total. The molecule has 286 valence electrons. The quantitative estimate of drug-likeness (QED) is 0.249. The van der Waals surface area contributed by atoms with Crippen molar-refractivity contribution in [1.82, 2.24) is 9.80 Å². The minimum absolute atomic E-state index is 0.0333. The number of carbonyl (C=O) groups is 3. The molecule has 13 rings (SSSR count). The fourth-order valence-corrected chi connectivity index (χ4v) is 15.3. The number of hydrogen-bond donors (Lipinski definition) is 1. The van der Waals surface area contributed by atoms with Crippen molar-refractivity contribution in [2.75, 3.05) is 26.2 Å². The fraction of sp³-hybridized carbons (Fsp3) is 0.756. The summed E-state index contributed by atoms with van der Waals surface area (Å²) in [5.74, 6) is 2.19. The fourth-order valence-electron chi connectivity index (χ4n) is 15.3. The molecular weight excluding hydrogens is 663 g/mol. The highest BCUT2D eigenvalue weighted by molar-refractivity contribution is 6.01. The Morgan fingerprint density at radius 2 is 1.83 bits per heavy atom. The van der Waals surface area contributed by atoms with Crippen LogP contribution in [0.25, 0.3) is 0 Å². The Morgan fingerprint density at radius 3 is 2.64 bits per heavy atom. The van der Waals surface area contributed by atoms with Crippen molar-refractivity contribution >= 4 is 17.7 Å². The number of carbonyl (C=O) groups excluding carboxylic acids is 3. The van der Waals surface area contributed by atoms with E-state index in [1.165, 1.54) is 37.8 Å². The van der Waals surface area contributed by atoms with E-state index in [9.17, 15) is 4.79 Å². The summed E-state index contributed by atoms with van der Waals surface area (Å²) in [4.78, 5) is 50.4. The molecule has 9 aliphatic heterocycles. The molecule has 0 amide bonds. The van der Waals surface area contributed by atoms with Gasteiger partial charge in [0, 0.05) is 55.7 Å². The van der Waals surface area contributed by atoms with Gasteiger partial charge in [-0.1, -0.05) is 63.5 Å². The zero-order chi connectivity index (χ0) is 36.4. The van der Waals surface area contributed by atoms with E-state index < -0.39 is 22.5 Å². The molecular formula is C45H61N3O5. The molecule has 8 fully saturated rings. The summed E-state index contributed by atoms with van der Waals surface area (Å²) in [7, 11) is 0. The number of ether oxygens (including phenoxy) is 2. The van der Waals surface area contributed by atoms with Gasteiger partial charge in [-0.2, -0.15) is 0 Å². The summed E-state index contributed by atoms with van der Waals surface area (Å²) in [6.07, 6.45) is 14.7. The lowest BCUT2D eigenvalue weighted by molar-refractivity contribution is -0.292. The first-order valence-electron chi connectivity index (χ1n) is 21.7. The van der Waals surface area contributed by atoms with Gasteiger partial charge in [0.25, 0.3) is 0 Å². The smallest absolute Gasteiger partial charge is 0.339 e. The van der Waals surface area contributed by atoms with Crippen LogP contribution in [0.3, 0.4) is 0 Å². The predicted molar refractivity (Wildman–Crippen MR) is 202 cm³/mol. The van der Waals surface area contributed by atoms with E-state index in [-0.39, 0.29) is 29.7 Å². The summed E-state index contributed by atoms with van der Waals surface area (Å²) in [5.41, 5.74) is 6.83. The third kappa shape index (κ3) is 4.43. The summed E-state index contributed by atoms with van der Waals surface area (Å²) < 4.78 is 13.6. The lowest BCUT2D eigenvalue weighted by Crippen LogP contribution is -2.78. The van der Waals surface area contributed by atoms with E-state index >= 15 is 9.59 Å². The Morgan fingerprint density at radius 1 is 0.981 bits per heavy atom. The number of aryl methyl sites for hydroxylation is 1. The second-order valence-electron chi connectivity index (χ2n) is 19.2.